The minimum Gasteiger partial charge on any atom is -0.396 e. The maximum absolute atomic E-state index is 12.7. The van der Waals surface area contributed by atoms with Crippen molar-refractivity contribution in [3.05, 3.63) is 35.4 Å². The zero-order valence-electron chi connectivity index (χ0n) is 14.9. The van der Waals surface area contributed by atoms with Crippen LogP contribution in [0.4, 0.5) is 0 Å². The fourth-order valence-electron chi connectivity index (χ4n) is 3.23. The number of nitrogens with zero attached hydrogens (tertiary/aromatic N) is 2. The number of amides is 2. The molecule has 0 spiro atoms. The zero-order chi connectivity index (χ0) is 17.7. The van der Waals surface area contributed by atoms with Gasteiger partial charge in [0.15, 0.2) is 0 Å². The molecule has 2 unspecified atom stereocenters. The van der Waals surface area contributed by atoms with E-state index in [0.29, 0.717) is 30.8 Å². The topological polar surface area (TPSA) is 60.9 Å². The number of likely N-dealkylation sites (tertiary alicyclic amines) is 1. The van der Waals surface area contributed by atoms with E-state index >= 15 is 0 Å². The van der Waals surface area contributed by atoms with E-state index in [0.717, 1.165) is 12.8 Å². The van der Waals surface area contributed by atoms with Crippen molar-refractivity contribution < 1.29 is 14.7 Å². The van der Waals surface area contributed by atoms with Gasteiger partial charge in [0.05, 0.1) is 0 Å². The summed E-state index contributed by atoms with van der Waals surface area (Å²) in [5, 5.41) is 9.36. The van der Waals surface area contributed by atoms with Crippen molar-refractivity contribution in [1.29, 1.82) is 0 Å². The van der Waals surface area contributed by atoms with Gasteiger partial charge in [-0.25, -0.2) is 0 Å². The van der Waals surface area contributed by atoms with Crippen LogP contribution in [-0.4, -0.2) is 59.0 Å². The Morgan fingerprint density at radius 2 is 1.71 bits per heavy atom. The quantitative estimate of drug-likeness (QED) is 0.901. The Bertz CT molecular complexity index is 566. The van der Waals surface area contributed by atoms with Gasteiger partial charge >= 0.3 is 0 Å². The van der Waals surface area contributed by atoms with Crippen LogP contribution in [0.2, 0.25) is 0 Å². The highest BCUT2D eigenvalue weighted by Crippen LogP contribution is 2.23. The third-order valence-corrected chi connectivity index (χ3v) is 4.93. The molecule has 24 heavy (non-hydrogen) atoms. The molecule has 1 aliphatic rings. The molecule has 0 radical (unpaired) electrons. The van der Waals surface area contributed by atoms with Gasteiger partial charge in [0, 0.05) is 43.4 Å². The lowest BCUT2D eigenvalue weighted by atomic mass is 9.93. The molecule has 1 saturated heterocycles. The molecule has 2 atom stereocenters. The van der Waals surface area contributed by atoms with Gasteiger partial charge in [-0.3, -0.25) is 9.59 Å². The van der Waals surface area contributed by atoms with Gasteiger partial charge in [-0.15, -0.1) is 0 Å². The van der Waals surface area contributed by atoms with Crippen molar-refractivity contribution >= 4 is 11.8 Å². The standard InChI is InChI=1S/C19H28N2O3/c1-4-20(5-2)18(23)16-8-10-17(11-9-16)19(24)21-12-15(13-22)7-6-14(21)3/h8-11,14-15,22H,4-7,12-13H2,1-3H3. The van der Waals surface area contributed by atoms with E-state index in [-0.39, 0.29) is 30.4 Å². The summed E-state index contributed by atoms with van der Waals surface area (Å²) in [6.45, 7) is 8.01. The molecule has 1 heterocycles. The first-order chi connectivity index (χ1) is 11.5. The monoisotopic (exact) mass is 332 g/mol. The molecule has 0 saturated carbocycles. The lowest BCUT2D eigenvalue weighted by Crippen LogP contribution is -2.46. The molecule has 1 aromatic rings. The van der Waals surface area contributed by atoms with Crippen molar-refractivity contribution in [2.24, 2.45) is 5.92 Å². The molecule has 0 aromatic heterocycles. The van der Waals surface area contributed by atoms with Crippen LogP contribution < -0.4 is 0 Å². The third kappa shape index (κ3) is 3.96. The Kier molecular flexibility index (Phi) is 6.37. The highest BCUT2D eigenvalue weighted by atomic mass is 16.3. The predicted octanol–water partition coefficient (Wildman–Crippen LogP) is 2.40. The van der Waals surface area contributed by atoms with Gasteiger partial charge in [0.1, 0.15) is 0 Å². The van der Waals surface area contributed by atoms with Gasteiger partial charge in [-0.05, 0) is 63.8 Å². The van der Waals surface area contributed by atoms with Crippen LogP contribution in [0, 0.1) is 5.92 Å². The molecule has 2 rings (SSSR count). The lowest BCUT2D eigenvalue weighted by molar-refractivity contribution is 0.0488. The first kappa shape index (κ1) is 18.5. The van der Waals surface area contributed by atoms with Gasteiger partial charge in [0.2, 0.25) is 0 Å². The van der Waals surface area contributed by atoms with Gasteiger partial charge in [-0.2, -0.15) is 0 Å². The van der Waals surface area contributed by atoms with E-state index in [1.54, 1.807) is 29.2 Å². The molecule has 132 valence electrons. The molecule has 1 N–H and O–H groups in total. The Labute approximate surface area is 144 Å². The van der Waals surface area contributed by atoms with Crippen LogP contribution in [-0.2, 0) is 0 Å². The van der Waals surface area contributed by atoms with Crippen LogP contribution in [0.3, 0.4) is 0 Å². The predicted molar refractivity (Wildman–Crippen MR) is 94.0 cm³/mol. The fourth-order valence-corrected chi connectivity index (χ4v) is 3.23. The van der Waals surface area contributed by atoms with Gasteiger partial charge in [-0.1, -0.05) is 0 Å². The second-order valence-electron chi connectivity index (χ2n) is 6.49. The summed E-state index contributed by atoms with van der Waals surface area (Å²) >= 11 is 0. The summed E-state index contributed by atoms with van der Waals surface area (Å²) in [5.74, 6) is 0.127. The average Bonchev–Trinajstić information content (AvgIpc) is 2.62. The Morgan fingerprint density at radius 1 is 1.12 bits per heavy atom. The molecule has 5 nitrogen and oxygen atoms in total. The largest absolute Gasteiger partial charge is 0.396 e. The molecule has 1 aliphatic heterocycles. The van der Waals surface area contributed by atoms with E-state index in [9.17, 15) is 14.7 Å². The summed E-state index contributed by atoms with van der Waals surface area (Å²) in [6.07, 6.45) is 1.87. The van der Waals surface area contributed by atoms with E-state index in [1.807, 2.05) is 25.7 Å². The summed E-state index contributed by atoms with van der Waals surface area (Å²) in [4.78, 5) is 28.7. The van der Waals surface area contributed by atoms with Crippen LogP contribution in [0.15, 0.2) is 24.3 Å². The molecule has 5 heteroatoms. The highest BCUT2D eigenvalue weighted by molar-refractivity contribution is 5.98. The summed E-state index contributed by atoms with van der Waals surface area (Å²) in [6, 6.07) is 7.10. The van der Waals surface area contributed by atoms with Crippen molar-refractivity contribution in [1.82, 2.24) is 9.80 Å². The number of aliphatic hydroxyl groups is 1. The van der Waals surface area contributed by atoms with Crippen LogP contribution in [0.25, 0.3) is 0 Å². The molecular formula is C19H28N2O3. The first-order valence-electron chi connectivity index (χ1n) is 8.82. The summed E-state index contributed by atoms with van der Waals surface area (Å²) < 4.78 is 0. The molecule has 1 aromatic carbocycles. The number of benzene rings is 1. The minimum absolute atomic E-state index is 0.00863. The Balaban J connectivity index is 2.12. The molecule has 2 amide bonds. The Morgan fingerprint density at radius 3 is 2.25 bits per heavy atom. The second kappa shape index (κ2) is 8.29. The normalized spacial score (nSPS) is 20.8. The number of aliphatic hydroxyl groups excluding tert-OH is 1. The molecule has 0 bridgehead atoms. The van der Waals surface area contributed by atoms with Crippen LogP contribution in [0.1, 0.15) is 54.3 Å². The van der Waals surface area contributed by atoms with E-state index in [4.69, 9.17) is 0 Å². The smallest absolute Gasteiger partial charge is 0.254 e. The summed E-state index contributed by atoms with van der Waals surface area (Å²) in [5.41, 5.74) is 1.20. The van der Waals surface area contributed by atoms with Crippen molar-refractivity contribution in [2.45, 2.75) is 39.7 Å². The average molecular weight is 332 g/mol. The highest BCUT2D eigenvalue weighted by Gasteiger charge is 2.29. The second-order valence-corrected chi connectivity index (χ2v) is 6.49. The number of hydrogen-bond donors (Lipinski definition) is 1. The number of piperidine rings is 1. The van der Waals surface area contributed by atoms with Crippen molar-refractivity contribution in [2.75, 3.05) is 26.2 Å². The lowest BCUT2D eigenvalue weighted by Gasteiger charge is -2.37. The van der Waals surface area contributed by atoms with Crippen LogP contribution >= 0.6 is 0 Å². The van der Waals surface area contributed by atoms with Gasteiger partial charge in [0.25, 0.3) is 11.8 Å². The first-order valence-corrected chi connectivity index (χ1v) is 8.82. The van der Waals surface area contributed by atoms with E-state index < -0.39 is 0 Å². The maximum Gasteiger partial charge on any atom is 0.254 e. The molecule has 1 fully saturated rings. The molecule has 0 aliphatic carbocycles. The number of hydrogen-bond acceptors (Lipinski definition) is 3. The minimum atomic E-state index is -0.0255. The third-order valence-electron chi connectivity index (χ3n) is 4.93. The zero-order valence-corrected chi connectivity index (χ0v) is 14.9. The summed E-state index contributed by atoms with van der Waals surface area (Å²) in [7, 11) is 0. The molecular weight excluding hydrogens is 304 g/mol. The van der Waals surface area contributed by atoms with Gasteiger partial charge < -0.3 is 14.9 Å². The SMILES string of the molecule is CCN(CC)C(=O)c1ccc(C(=O)N2CC(CO)CCC2C)cc1. The number of rotatable bonds is 5. The van der Waals surface area contributed by atoms with Crippen molar-refractivity contribution in [3.8, 4) is 0 Å². The number of carbonyl (C=O) groups excluding carboxylic acids is 2. The maximum atomic E-state index is 12.7. The Hall–Kier alpha value is -1.88. The van der Waals surface area contributed by atoms with E-state index in [1.165, 1.54) is 0 Å². The van der Waals surface area contributed by atoms with Crippen LogP contribution in [0.5, 0.6) is 0 Å². The fraction of sp³-hybridized carbons (Fsp3) is 0.579. The van der Waals surface area contributed by atoms with E-state index in [2.05, 4.69) is 0 Å². The number of carbonyl (C=O) groups is 2. The van der Waals surface area contributed by atoms with Crippen molar-refractivity contribution in [3.63, 3.8) is 0 Å².